The van der Waals surface area contributed by atoms with Crippen molar-refractivity contribution < 1.29 is 17.9 Å². The van der Waals surface area contributed by atoms with Crippen LogP contribution in [0, 0.1) is 6.92 Å². The molecule has 3 heterocycles. The molecular formula is C22H21F3N4OS. The van der Waals surface area contributed by atoms with Crippen LogP contribution >= 0.6 is 11.9 Å². The Labute approximate surface area is 182 Å². The van der Waals surface area contributed by atoms with E-state index in [0.29, 0.717) is 29.6 Å². The number of benzene rings is 1. The van der Waals surface area contributed by atoms with Gasteiger partial charge in [0, 0.05) is 30.6 Å². The summed E-state index contributed by atoms with van der Waals surface area (Å²) in [5.41, 5.74) is 0.331. The van der Waals surface area contributed by atoms with Gasteiger partial charge in [-0.2, -0.15) is 13.2 Å². The lowest BCUT2D eigenvalue weighted by molar-refractivity contribution is -0.137. The Balaban J connectivity index is 1.57. The maximum atomic E-state index is 13.6. The minimum absolute atomic E-state index is 0.0915. The molecule has 3 aromatic rings. The van der Waals surface area contributed by atoms with E-state index >= 15 is 0 Å². The number of rotatable bonds is 5. The third-order valence-corrected chi connectivity index (χ3v) is 5.65. The molecule has 0 radical (unpaired) electrons. The zero-order valence-electron chi connectivity index (χ0n) is 16.8. The molecule has 1 aliphatic heterocycles. The number of pyridine rings is 2. The molecule has 31 heavy (non-hydrogen) atoms. The van der Waals surface area contributed by atoms with Gasteiger partial charge in [0.05, 0.1) is 24.5 Å². The van der Waals surface area contributed by atoms with E-state index in [1.54, 1.807) is 31.2 Å². The molecule has 0 spiro atoms. The second kappa shape index (κ2) is 9.15. The Hall–Kier alpha value is -2.78. The minimum atomic E-state index is -4.50. The van der Waals surface area contributed by atoms with Crippen LogP contribution in [0.2, 0.25) is 0 Å². The molecule has 0 saturated carbocycles. The second-order valence-electron chi connectivity index (χ2n) is 7.04. The Morgan fingerprint density at radius 2 is 1.74 bits per heavy atom. The zero-order valence-corrected chi connectivity index (χ0v) is 17.6. The van der Waals surface area contributed by atoms with Gasteiger partial charge in [0.2, 0.25) is 0 Å². The van der Waals surface area contributed by atoms with E-state index in [4.69, 9.17) is 4.74 Å². The molecule has 0 amide bonds. The summed E-state index contributed by atoms with van der Waals surface area (Å²) in [6, 6.07) is 15.0. The highest BCUT2D eigenvalue weighted by Crippen LogP contribution is 2.38. The summed E-state index contributed by atoms with van der Waals surface area (Å²) in [6.45, 7) is 4.64. The van der Waals surface area contributed by atoms with Crippen LogP contribution in [-0.2, 0) is 10.9 Å². The van der Waals surface area contributed by atoms with Gasteiger partial charge in [-0.15, -0.1) is 0 Å². The number of nitrogens with zero attached hydrogens (tertiary/aromatic N) is 3. The first-order valence-electron chi connectivity index (χ1n) is 9.79. The minimum Gasteiger partial charge on any atom is -0.378 e. The smallest absolute Gasteiger partial charge is 0.378 e. The zero-order chi connectivity index (χ0) is 21.8. The number of nitrogens with one attached hydrogen (secondary N) is 1. The van der Waals surface area contributed by atoms with Crippen LogP contribution in [-0.4, -0.2) is 36.3 Å². The summed E-state index contributed by atoms with van der Waals surface area (Å²) >= 11 is 1.21. The van der Waals surface area contributed by atoms with E-state index in [0.717, 1.165) is 30.5 Å². The van der Waals surface area contributed by atoms with Gasteiger partial charge in [-0.3, -0.25) is 0 Å². The van der Waals surface area contributed by atoms with Gasteiger partial charge in [0.1, 0.15) is 16.7 Å². The monoisotopic (exact) mass is 446 g/mol. The summed E-state index contributed by atoms with van der Waals surface area (Å²) in [5, 5.41) is 0.697. The van der Waals surface area contributed by atoms with Gasteiger partial charge in [-0.1, -0.05) is 30.3 Å². The molecule has 2 aromatic heterocycles. The number of halogens is 3. The molecule has 0 atom stereocenters. The Kier molecular flexibility index (Phi) is 6.33. The highest BCUT2D eigenvalue weighted by atomic mass is 32.2. The molecule has 162 valence electrons. The van der Waals surface area contributed by atoms with Crippen molar-refractivity contribution in [3.05, 3.63) is 65.7 Å². The fourth-order valence-electron chi connectivity index (χ4n) is 3.32. The molecule has 9 heteroatoms. The van der Waals surface area contributed by atoms with Crippen LogP contribution in [0.1, 0.15) is 11.1 Å². The molecule has 0 aliphatic carbocycles. The first-order valence-corrected chi connectivity index (χ1v) is 10.6. The van der Waals surface area contributed by atoms with Crippen LogP contribution in [0.3, 0.4) is 0 Å². The lowest BCUT2D eigenvalue weighted by atomic mass is 10.0. The van der Waals surface area contributed by atoms with Crippen molar-refractivity contribution in [1.82, 2.24) is 9.97 Å². The maximum absolute atomic E-state index is 13.6. The highest BCUT2D eigenvalue weighted by Gasteiger charge is 2.35. The van der Waals surface area contributed by atoms with E-state index in [-0.39, 0.29) is 5.69 Å². The van der Waals surface area contributed by atoms with Crippen LogP contribution in [0.5, 0.6) is 0 Å². The van der Waals surface area contributed by atoms with Gasteiger partial charge in [0.25, 0.3) is 0 Å². The number of ether oxygens (including phenoxy) is 1. The van der Waals surface area contributed by atoms with Gasteiger partial charge < -0.3 is 14.4 Å². The van der Waals surface area contributed by atoms with Gasteiger partial charge in [-0.05, 0) is 36.8 Å². The quantitative estimate of drug-likeness (QED) is 0.528. The summed E-state index contributed by atoms with van der Waals surface area (Å²) in [4.78, 5) is 11.1. The summed E-state index contributed by atoms with van der Waals surface area (Å²) < 4.78 is 49.1. The molecule has 1 aromatic carbocycles. The second-order valence-corrected chi connectivity index (χ2v) is 7.87. The predicted octanol–water partition coefficient (Wildman–Crippen LogP) is 5.43. The van der Waals surface area contributed by atoms with E-state index < -0.39 is 11.7 Å². The molecule has 1 fully saturated rings. The van der Waals surface area contributed by atoms with Gasteiger partial charge in [0.15, 0.2) is 0 Å². The molecular weight excluding hydrogens is 425 g/mol. The number of anilines is 2. The van der Waals surface area contributed by atoms with Crippen LogP contribution in [0.25, 0.3) is 11.3 Å². The predicted molar refractivity (Wildman–Crippen MR) is 116 cm³/mol. The molecule has 1 saturated heterocycles. The fourth-order valence-corrected chi connectivity index (χ4v) is 3.93. The molecule has 5 nitrogen and oxygen atoms in total. The first kappa shape index (κ1) is 21.5. The third kappa shape index (κ3) is 5.11. The molecule has 0 unspecified atom stereocenters. The SMILES string of the molecule is Cc1ccccc1-c1nc(NSc2cccc(N3CCOCC3)n2)ccc1C(F)(F)F. The molecule has 4 rings (SSSR count). The van der Waals surface area contributed by atoms with Crippen LogP contribution < -0.4 is 9.62 Å². The van der Waals surface area contributed by atoms with Crippen molar-refractivity contribution in [2.45, 2.75) is 18.1 Å². The normalized spacial score (nSPS) is 14.5. The van der Waals surface area contributed by atoms with Crippen molar-refractivity contribution >= 4 is 23.6 Å². The molecule has 0 bridgehead atoms. The number of aryl methyl sites for hydroxylation is 1. The van der Waals surface area contributed by atoms with Crippen molar-refractivity contribution in [3.63, 3.8) is 0 Å². The van der Waals surface area contributed by atoms with E-state index in [9.17, 15) is 13.2 Å². The number of hydrogen-bond acceptors (Lipinski definition) is 6. The Morgan fingerprint density at radius 1 is 0.968 bits per heavy atom. The standard InChI is InChI=1S/C22H21F3N4OS/c1-15-5-2-3-6-16(15)21-17(22(23,24)25)9-10-18(26-21)28-31-20-8-4-7-19(27-20)29-11-13-30-14-12-29/h2-10H,11-14H2,1H3,(H,26,28). The Bertz CT molecular complexity index is 1050. The van der Waals surface area contributed by atoms with E-state index in [1.807, 2.05) is 18.2 Å². The van der Waals surface area contributed by atoms with Crippen molar-refractivity contribution in [2.75, 3.05) is 35.9 Å². The molecule has 1 aliphatic rings. The van der Waals surface area contributed by atoms with Crippen molar-refractivity contribution in [2.24, 2.45) is 0 Å². The third-order valence-electron chi connectivity index (χ3n) is 4.90. The van der Waals surface area contributed by atoms with Gasteiger partial charge >= 0.3 is 6.18 Å². The van der Waals surface area contributed by atoms with Crippen molar-refractivity contribution in [3.8, 4) is 11.3 Å². The number of alkyl halides is 3. The lowest BCUT2D eigenvalue weighted by Crippen LogP contribution is -2.36. The van der Waals surface area contributed by atoms with Gasteiger partial charge in [-0.25, -0.2) is 9.97 Å². The Morgan fingerprint density at radius 3 is 2.48 bits per heavy atom. The maximum Gasteiger partial charge on any atom is 0.418 e. The molecule has 1 N–H and O–H groups in total. The largest absolute Gasteiger partial charge is 0.418 e. The number of morpholine rings is 1. The van der Waals surface area contributed by atoms with Crippen LogP contribution in [0.15, 0.2) is 59.6 Å². The average Bonchev–Trinajstić information content (AvgIpc) is 2.78. The summed E-state index contributed by atoms with van der Waals surface area (Å²) in [6.07, 6.45) is -4.50. The number of hydrogen-bond donors (Lipinski definition) is 1. The van der Waals surface area contributed by atoms with E-state index in [1.165, 1.54) is 18.0 Å². The van der Waals surface area contributed by atoms with E-state index in [2.05, 4.69) is 19.6 Å². The number of aromatic nitrogens is 2. The lowest BCUT2D eigenvalue weighted by Gasteiger charge is -2.27. The highest BCUT2D eigenvalue weighted by molar-refractivity contribution is 8.00. The van der Waals surface area contributed by atoms with Crippen LogP contribution in [0.4, 0.5) is 24.8 Å². The topological polar surface area (TPSA) is 50.3 Å². The fraction of sp³-hybridized carbons (Fsp3) is 0.273. The summed E-state index contributed by atoms with van der Waals surface area (Å²) in [7, 11) is 0. The summed E-state index contributed by atoms with van der Waals surface area (Å²) in [5.74, 6) is 1.17. The van der Waals surface area contributed by atoms with Crippen molar-refractivity contribution in [1.29, 1.82) is 0 Å². The first-order chi connectivity index (χ1) is 14.9. The average molecular weight is 446 g/mol.